The van der Waals surface area contributed by atoms with Crippen molar-refractivity contribution in [3.05, 3.63) is 35.4 Å². The zero-order valence-electron chi connectivity index (χ0n) is 9.12. The summed E-state index contributed by atoms with van der Waals surface area (Å²) in [5, 5.41) is 0. The van der Waals surface area contributed by atoms with Crippen molar-refractivity contribution in [2.24, 2.45) is 5.73 Å². The van der Waals surface area contributed by atoms with Gasteiger partial charge in [0.15, 0.2) is 0 Å². The van der Waals surface area contributed by atoms with E-state index < -0.39 is 23.8 Å². The first-order valence-electron chi connectivity index (χ1n) is 4.89. The summed E-state index contributed by atoms with van der Waals surface area (Å²) in [7, 11) is 0. The molecule has 0 fully saturated rings. The average molecular weight is 247 g/mol. The lowest BCUT2D eigenvalue weighted by atomic mass is 10.1. The summed E-state index contributed by atoms with van der Waals surface area (Å²) < 4.78 is 42.2. The molecule has 1 rings (SSSR count). The molecule has 0 saturated heterocycles. The Morgan fingerprint density at radius 3 is 2.59 bits per heavy atom. The number of ether oxygens (including phenoxy) is 1. The van der Waals surface area contributed by atoms with Crippen LogP contribution in [-0.2, 0) is 15.7 Å². The number of benzene rings is 1. The van der Waals surface area contributed by atoms with E-state index in [4.69, 9.17) is 10.5 Å². The lowest BCUT2D eigenvalue weighted by Gasteiger charge is -2.16. The van der Waals surface area contributed by atoms with Crippen LogP contribution in [-0.4, -0.2) is 12.5 Å². The maximum absolute atomic E-state index is 12.5. The Bertz CT molecular complexity index is 404. The molecule has 0 aliphatic rings. The summed E-state index contributed by atoms with van der Waals surface area (Å²) in [5.41, 5.74) is 4.80. The van der Waals surface area contributed by atoms with Crippen LogP contribution in [0.2, 0.25) is 0 Å². The van der Waals surface area contributed by atoms with Crippen LogP contribution in [0.4, 0.5) is 13.2 Å². The highest BCUT2D eigenvalue weighted by Crippen LogP contribution is 2.31. The molecule has 0 aromatic heterocycles. The van der Waals surface area contributed by atoms with Gasteiger partial charge >= 0.3 is 12.1 Å². The Morgan fingerprint density at radius 2 is 2.12 bits per heavy atom. The van der Waals surface area contributed by atoms with E-state index in [1.54, 1.807) is 0 Å². The zero-order chi connectivity index (χ0) is 13.1. The smallest absolute Gasteiger partial charge is 0.416 e. The van der Waals surface area contributed by atoms with Crippen LogP contribution in [0.1, 0.15) is 24.2 Å². The largest absolute Gasteiger partial charge is 0.456 e. The van der Waals surface area contributed by atoms with Crippen molar-refractivity contribution >= 4 is 5.97 Å². The number of halogens is 3. The fraction of sp³-hybridized carbons (Fsp3) is 0.364. The second-order valence-electron chi connectivity index (χ2n) is 3.46. The molecule has 1 aromatic rings. The van der Waals surface area contributed by atoms with Gasteiger partial charge in [0.05, 0.1) is 5.56 Å². The molecule has 17 heavy (non-hydrogen) atoms. The molecular formula is C11H12F3NO2. The van der Waals surface area contributed by atoms with E-state index in [1.807, 2.05) is 0 Å². The fourth-order valence-corrected chi connectivity index (χ4v) is 1.37. The molecule has 6 heteroatoms. The van der Waals surface area contributed by atoms with Crippen molar-refractivity contribution in [2.75, 3.05) is 6.54 Å². The summed E-state index contributed by atoms with van der Waals surface area (Å²) in [6.07, 6.45) is -5.28. The summed E-state index contributed by atoms with van der Waals surface area (Å²) in [6, 6.07) is 4.57. The molecule has 1 atom stereocenters. The molecule has 0 heterocycles. The lowest BCUT2D eigenvalue weighted by Crippen LogP contribution is -2.18. The van der Waals surface area contributed by atoms with Gasteiger partial charge in [-0.05, 0) is 17.7 Å². The minimum absolute atomic E-state index is 0.0686. The van der Waals surface area contributed by atoms with Gasteiger partial charge in [-0.3, -0.25) is 4.79 Å². The third-order valence-corrected chi connectivity index (χ3v) is 2.11. The van der Waals surface area contributed by atoms with E-state index in [1.165, 1.54) is 19.1 Å². The van der Waals surface area contributed by atoms with Crippen molar-refractivity contribution in [3.63, 3.8) is 0 Å². The fourth-order valence-electron chi connectivity index (χ4n) is 1.37. The number of hydrogen-bond donors (Lipinski definition) is 1. The van der Waals surface area contributed by atoms with Crippen molar-refractivity contribution in [1.82, 2.24) is 0 Å². The predicted octanol–water partition coefficient (Wildman–Crippen LogP) is 2.27. The van der Waals surface area contributed by atoms with Gasteiger partial charge in [0.25, 0.3) is 0 Å². The highest BCUT2D eigenvalue weighted by Gasteiger charge is 2.31. The first-order chi connectivity index (χ1) is 7.84. The normalized spacial score (nSPS) is 13.2. The van der Waals surface area contributed by atoms with E-state index in [0.717, 1.165) is 12.1 Å². The van der Waals surface area contributed by atoms with Gasteiger partial charge in [0.2, 0.25) is 0 Å². The van der Waals surface area contributed by atoms with E-state index in [2.05, 4.69) is 0 Å². The molecule has 0 amide bonds. The highest BCUT2D eigenvalue weighted by molar-refractivity contribution is 5.66. The first kappa shape index (κ1) is 13.5. The van der Waals surface area contributed by atoms with Crippen LogP contribution in [0.3, 0.4) is 0 Å². The number of carbonyl (C=O) groups excluding carboxylic acids is 1. The Labute approximate surface area is 96.4 Å². The number of carbonyl (C=O) groups is 1. The molecule has 0 bridgehead atoms. The Morgan fingerprint density at radius 1 is 1.47 bits per heavy atom. The van der Waals surface area contributed by atoms with Crippen LogP contribution in [0.25, 0.3) is 0 Å². The molecule has 0 spiro atoms. The second-order valence-corrected chi connectivity index (χ2v) is 3.46. The third kappa shape index (κ3) is 3.74. The Kier molecular flexibility index (Phi) is 4.11. The number of rotatable bonds is 3. The molecule has 3 nitrogen and oxygen atoms in total. The quantitative estimate of drug-likeness (QED) is 0.833. The minimum atomic E-state index is -4.43. The molecule has 0 aliphatic heterocycles. The number of alkyl halides is 3. The van der Waals surface area contributed by atoms with Crippen LogP contribution < -0.4 is 5.73 Å². The minimum Gasteiger partial charge on any atom is -0.456 e. The number of hydrogen-bond acceptors (Lipinski definition) is 3. The first-order valence-corrected chi connectivity index (χ1v) is 4.89. The maximum atomic E-state index is 12.5. The topological polar surface area (TPSA) is 52.3 Å². The van der Waals surface area contributed by atoms with Gasteiger partial charge < -0.3 is 10.5 Å². The van der Waals surface area contributed by atoms with Crippen molar-refractivity contribution in [1.29, 1.82) is 0 Å². The maximum Gasteiger partial charge on any atom is 0.416 e. The molecule has 0 aliphatic carbocycles. The van der Waals surface area contributed by atoms with Gasteiger partial charge in [-0.1, -0.05) is 12.1 Å². The molecule has 0 saturated carbocycles. The van der Waals surface area contributed by atoms with E-state index >= 15 is 0 Å². The van der Waals surface area contributed by atoms with Crippen LogP contribution in [0.15, 0.2) is 24.3 Å². The van der Waals surface area contributed by atoms with Gasteiger partial charge in [-0.15, -0.1) is 0 Å². The van der Waals surface area contributed by atoms with Crippen LogP contribution in [0, 0.1) is 0 Å². The summed E-state index contributed by atoms with van der Waals surface area (Å²) in [4.78, 5) is 10.8. The molecule has 94 valence electrons. The highest BCUT2D eigenvalue weighted by atomic mass is 19.4. The predicted molar refractivity (Wildman–Crippen MR) is 55.0 cm³/mol. The zero-order valence-corrected chi connectivity index (χ0v) is 9.12. The summed E-state index contributed by atoms with van der Waals surface area (Å²) in [5.74, 6) is -0.585. The van der Waals surface area contributed by atoms with Gasteiger partial charge in [0, 0.05) is 13.5 Å². The number of esters is 1. The van der Waals surface area contributed by atoms with Crippen LogP contribution >= 0.6 is 0 Å². The molecule has 2 N–H and O–H groups in total. The molecule has 1 aromatic carbocycles. The van der Waals surface area contributed by atoms with Gasteiger partial charge in [-0.2, -0.15) is 13.2 Å². The van der Waals surface area contributed by atoms with Crippen molar-refractivity contribution < 1.29 is 22.7 Å². The Hall–Kier alpha value is -1.56. The molecule has 0 radical (unpaired) electrons. The van der Waals surface area contributed by atoms with Crippen LogP contribution in [0.5, 0.6) is 0 Å². The standard InChI is InChI=1S/C11H12F3NO2/c1-7(16)17-10(6-15)8-3-2-4-9(5-8)11(12,13)14/h2-5,10H,6,15H2,1H3/t10-/m0/s1. The average Bonchev–Trinajstić information content (AvgIpc) is 2.24. The SMILES string of the molecule is CC(=O)O[C@@H](CN)c1cccc(C(F)(F)F)c1. The van der Waals surface area contributed by atoms with Crippen molar-refractivity contribution in [2.45, 2.75) is 19.2 Å². The monoisotopic (exact) mass is 247 g/mol. The third-order valence-electron chi connectivity index (χ3n) is 2.11. The summed E-state index contributed by atoms with van der Waals surface area (Å²) in [6.45, 7) is 1.11. The second kappa shape index (κ2) is 5.18. The van der Waals surface area contributed by atoms with Gasteiger partial charge in [-0.25, -0.2) is 0 Å². The van der Waals surface area contributed by atoms with E-state index in [9.17, 15) is 18.0 Å². The molecule has 0 unspecified atom stereocenters. The number of nitrogens with two attached hydrogens (primary N) is 1. The van der Waals surface area contributed by atoms with Gasteiger partial charge in [0.1, 0.15) is 6.10 Å². The van der Waals surface area contributed by atoms with E-state index in [0.29, 0.717) is 0 Å². The van der Waals surface area contributed by atoms with Crippen molar-refractivity contribution in [3.8, 4) is 0 Å². The molecular weight excluding hydrogens is 235 g/mol. The summed E-state index contributed by atoms with van der Waals surface area (Å²) >= 11 is 0. The van der Waals surface area contributed by atoms with E-state index in [-0.39, 0.29) is 12.1 Å². The lowest BCUT2D eigenvalue weighted by molar-refractivity contribution is -0.146. The Balaban J connectivity index is 3.01.